The molecule has 0 radical (unpaired) electrons. The van der Waals surface area contributed by atoms with E-state index >= 15 is 0 Å². The maximum atomic E-state index is 12.1. The molecule has 3 N–H and O–H groups in total. The lowest BCUT2D eigenvalue weighted by atomic mass is 10.1. The topological polar surface area (TPSA) is 78.8 Å². The third kappa shape index (κ3) is 5.83. The second-order valence-electron chi connectivity index (χ2n) is 5.64. The first-order valence-corrected chi connectivity index (χ1v) is 10.4. The summed E-state index contributed by atoms with van der Waals surface area (Å²) in [4.78, 5) is 12.1. The van der Waals surface area contributed by atoms with Gasteiger partial charge in [-0.2, -0.15) is 0 Å². The summed E-state index contributed by atoms with van der Waals surface area (Å²) in [5.41, 5.74) is 1.81. The molecule has 2 rings (SSSR count). The van der Waals surface area contributed by atoms with E-state index in [9.17, 15) is 15.0 Å². The van der Waals surface area contributed by atoms with Crippen molar-refractivity contribution in [2.75, 3.05) is 13.7 Å². The number of halogens is 3. The van der Waals surface area contributed by atoms with Crippen molar-refractivity contribution < 1.29 is 19.7 Å². The van der Waals surface area contributed by atoms with Crippen LogP contribution in [0, 0.1) is 3.57 Å². The quantitative estimate of drug-likeness (QED) is 0.424. The number of aliphatic hydroxyl groups is 1. The molecule has 1 unspecified atom stereocenters. The molecule has 2 aromatic rings. The molecule has 2 aromatic carbocycles. The number of phenolic OH excluding ortho intramolecular Hbond substituents is 1. The second-order valence-corrected chi connectivity index (χ2v) is 8.51. The summed E-state index contributed by atoms with van der Waals surface area (Å²) in [5.74, 6) is 0.489. The number of rotatable bonds is 7. The third-order valence-electron chi connectivity index (χ3n) is 3.72. The van der Waals surface area contributed by atoms with Gasteiger partial charge < -0.3 is 20.3 Å². The van der Waals surface area contributed by atoms with Crippen molar-refractivity contribution >= 4 is 60.4 Å². The van der Waals surface area contributed by atoms with Crippen molar-refractivity contribution in [3.63, 3.8) is 0 Å². The van der Waals surface area contributed by atoms with Crippen LogP contribution in [-0.2, 0) is 17.6 Å². The molecule has 0 spiro atoms. The van der Waals surface area contributed by atoms with E-state index in [0.717, 1.165) is 23.6 Å². The van der Waals surface area contributed by atoms with Crippen molar-refractivity contribution in [2.24, 2.45) is 0 Å². The van der Waals surface area contributed by atoms with Crippen LogP contribution in [0.5, 0.6) is 11.5 Å². The van der Waals surface area contributed by atoms with E-state index in [1.807, 2.05) is 24.3 Å². The van der Waals surface area contributed by atoms with Gasteiger partial charge in [-0.3, -0.25) is 4.79 Å². The number of carbonyl (C=O) groups excluding carboxylic acids is 1. The zero-order valence-corrected chi connectivity index (χ0v) is 19.3. The Balaban J connectivity index is 1.88. The van der Waals surface area contributed by atoms with Crippen LogP contribution in [0.15, 0.2) is 39.3 Å². The Morgan fingerprint density at radius 3 is 2.46 bits per heavy atom. The number of carbonyl (C=O) groups is 1. The number of aliphatic hydroxyl groups excluding tert-OH is 1. The molecule has 0 bridgehead atoms. The van der Waals surface area contributed by atoms with Crippen LogP contribution in [0.2, 0.25) is 0 Å². The molecule has 0 aliphatic carbocycles. The largest absolute Gasteiger partial charge is 0.507 e. The lowest BCUT2D eigenvalue weighted by molar-refractivity contribution is -0.129. The van der Waals surface area contributed by atoms with Crippen molar-refractivity contribution in [3.8, 4) is 11.5 Å². The fourth-order valence-electron chi connectivity index (χ4n) is 2.39. The molecule has 0 aromatic heterocycles. The number of hydrogen-bond acceptors (Lipinski definition) is 4. The molecular weight excluding hydrogens is 581 g/mol. The fourth-order valence-corrected chi connectivity index (χ4v) is 4.58. The number of phenols is 1. The number of benzene rings is 2. The molecule has 0 aliphatic heterocycles. The van der Waals surface area contributed by atoms with Gasteiger partial charge in [-0.15, -0.1) is 0 Å². The summed E-state index contributed by atoms with van der Waals surface area (Å²) < 4.78 is 7.51. The average molecular weight is 599 g/mol. The van der Waals surface area contributed by atoms with Gasteiger partial charge in [-0.25, -0.2) is 0 Å². The molecule has 26 heavy (non-hydrogen) atoms. The highest BCUT2D eigenvalue weighted by molar-refractivity contribution is 14.1. The minimum absolute atomic E-state index is 0.199. The summed E-state index contributed by atoms with van der Waals surface area (Å²) in [6.07, 6.45) is -0.319. The smallest absolute Gasteiger partial charge is 0.249 e. The van der Waals surface area contributed by atoms with E-state index in [4.69, 9.17) is 4.74 Å². The summed E-state index contributed by atoms with van der Waals surface area (Å²) in [7, 11) is 1.57. The number of hydrogen-bond donors (Lipinski definition) is 3. The standard InChI is InChI=1S/C18H18Br2INO4/c1-26-17-12(19)6-11(7-13(17)20)9-16(24)18(25)22-5-4-10-2-3-15(23)14(21)8-10/h2-3,6-8,16,23-24H,4-5,9H2,1H3,(H,22,25). The zero-order chi connectivity index (χ0) is 19.3. The van der Waals surface area contributed by atoms with Gasteiger partial charge in [-0.1, -0.05) is 6.07 Å². The van der Waals surface area contributed by atoms with E-state index in [-0.39, 0.29) is 12.2 Å². The summed E-state index contributed by atoms with van der Waals surface area (Å²) >= 11 is 8.87. The Kier molecular flexibility index (Phi) is 8.18. The highest BCUT2D eigenvalue weighted by Crippen LogP contribution is 2.34. The van der Waals surface area contributed by atoms with Crippen molar-refractivity contribution in [1.29, 1.82) is 0 Å². The van der Waals surface area contributed by atoms with Gasteiger partial charge in [0.1, 0.15) is 17.6 Å². The Bertz CT molecular complexity index is 778. The van der Waals surface area contributed by atoms with Gasteiger partial charge in [0.2, 0.25) is 5.91 Å². The normalized spacial score (nSPS) is 11.9. The van der Waals surface area contributed by atoms with Crippen molar-refractivity contribution in [2.45, 2.75) is 18.9 Å². The van der Waals surface area contributed by atoms with Crippen LogP contribution in [0.25, 0.3) is 0 Å². The predicted molar refractivity (Wildman–Crippen MR) is 116 cm³/mol. The Hall–Kier alpha value is -0.840. The molecule has 1 amide bonds. The molecule has 5 nitrogen and oxygen atoms in total. The maximum absolute atomic E-state index is 12.1. The molecule has 0 saturated heterocycles. The number of amides is 1. The lowest BCUT2D eigenvalue weighted by Gasteiger charge is -2.14. The monoisotopic (exact) mass is 597 g/mol. The predicted octanol–water partition coefficient (Wildman–Crippen LogP) is 3.79. The van der Waals surface area contributed by atoms with Gasteiger partial charge >= 0.3 is 0 Å². The van der Waals surface area contributed by atoms with E-state index in [1.54, 1.807) is 13.2 Å². The first-order valence-electron chi connectivity index (χ1n) is 7.77. The minimum Gasteiger partial charge on any atom is -0.507 e. The lowest BCUT2D eigenvalue weighted by Crippen LogP contribution is -2.37. The van der Waals surface area contributed by atoms with Gasteiger partial charge in [0.25, 0.3) is 0 Å². The molecule has 140 valence electrons. The summed E-state index contributed by atoms with van der Waals surface area (Å²) in [6.45, 7) is 0.409. The van der Waals surface area contributed by atoms with Crippen molar-refractivity contribution in [1.82, 2.24) is 5.32 Å². The van der Waals surface area contributed by atoms with Crippen LogP contribution >= 0.6 is 54.5 Å². The molecular formula is C18H18Br2INO4. The van der Waals surface area contributed by atoms with E-state index in [1.165, 1.54) is 0 Å². The first kappa shape index (κ1) is 21.5. The Labute approximate surface area is 182 Å². The highest BCUT2D eigenvalue weighted by Gasteiger charge is 2.17. The highest BCUT2D eigenvalue weighted by atomic mass is 127. The van der Waals surface area contributed by atoms with Crippen LogP contribution in [0.4, 0.5) is 0 Å². The minimum atomic E-state index is -1.14. The molecule has 0 fully saturated rings. The maximum Gasteiger partial charge on any atom is 0.249 e. The summed E-state index contributed by atoms with van der Waals surface area (Å²) in [5, 5.41) is 22.4. The van der Waals surface area contributed by atoms with Gasteiger partial charge in [0.15, 0.2) is 0 Å². The van der Waals surface area contributed by atoms with Crippen LogP contribution in [-0.4, -0.2) is 35.9 Å². The zero-order valence-electron chi connectivity index (χ0n) is 13.9. The van der Waals surface area contributed by atoms with E-state index in [2.05, 4.69) is 59.8 Å². The molecule has 0 heterocycles. The van der Waals surface area contributed by atoms with E-state index in [0.29, 0.717) is 18.7 Å². The van der Waals surface area contributed by atoms with Gasteiger partial charge in [0, 0.05) is 13.0 Å². The average Bonchev–Trinajstić information content (AvgIpc) is 2.57. The molecule has 0 saturated carbocycles. The van der Waals surface area contributed by atoms with Crippen LogP contribution in [0.3, 0.4) is 0 Å². The van der Waals surface area contributed by atoms with Gasteiger partial charge in [0.05, 0.1) is 19.6 Å². The van der Waals surface area contributed by atoms with Gasteiger partial charge in [-0.05, 0) is 96.3 Å². The number of nitrogens with one attached hydrogen (secondary N) is 1. The Morgan fingerprint density at radius 1 is 1.23 bits per heavy atom. The van der Waals surface area contributed by atoms with Crippen LogP contribution in [0.1, 0.15) is 11.1 Å². The SMILES string of the molecule is COc1c(Br)cc(CC(O)C(=O)NCCc2ccc(O)c(I)c2)cc1Br. The second kappa shape index (κ2) is 9.91. The fraction of sp³-hybridized carbons (Fsp3) is 0.278. The van der Waals surface area contributed by atoms with Crippen molar-refractivity contribution in [3.05, 3.63) is 54.0 Å². The third-order valence-corrected chi connectivity index (χ3v) is 5.76. The van der Waals surface area contributed by atoms with E-state index < -0.39 is 12.0 Å². The molecule has 1 atom stereocenters. The first-order chi connectivity index (χ1) is 12.3. The number of ether oxygens (including phenoxy) is 1. The number of methoxy groups -OCH3 is 1. The summed E-state index contributed by atoms with van der Waals surface area (Å²) in [6, 6.07) is 8.95. The Morgan fingerprint density at radius 2 is 1.88 bits per heavy atom. The number of aromatic hydroxyl groups is 1. The van der Waals surface area contributed by atoms with Crippen LogP contribution < -0.4 is 10.1 Å². The molecule has 0 aliphatic rings. The molecule has 8 heteroatoms.